The van der Waals surface area contributed by atoms with Crippen molar-refractivity contribution in [1.29, 1.82) is 0 Å². The Hall–Kier alpha value is -3.12. The Bertz CT molecular complexity index is 1310. The predicted molar refractivity (Wildman–Crippen MR) is 147 cm³/mol. The molecule has 5 nitrogen and oxygen atoms in total. The molecule has 0 unspecified atom stereocenters. The van der Waals surface area contributed by atoms with Gasteiger partial charge >= 0.3 is 0 Å². The number of nitrogens with zero attached hydrogens (tertiary/aromatic N) is 2. The van der Waals surface area contributed by atoms with E-state index >= 15 is 0 Å². The number of anilines is 1. The Balaban J connectivity index is 1.01. The summed E-state index contributed by atoms with van der Waals surface area (Å²) in [6, 6.07) is 25.4. The van der Waals surface area contributed by atoms with Gasteiger partial charge in [0.05, 0.1) is 11.6 Å². The molecule has 3 aromatic carbocycles. The number of halogens is 1. The molecular formula is C30H31ClN4O. The summed E-state index contributed by atoms with van der Waals surface area (Å²) in [6.07, 6.45) is 5.26. The van der Waals surface area contributed by atoms with Crippen LogP contribution in [0.3, 0.4) is 0 Å². The summed E-state index contributed by atoms with van der Waals surface area (Å²) in [4.78, 5) is 7.03. The molecule has 0 spiro atoms. The van der Waals surface area contributed by atoms with Crippen molar-refractivity contribution >= 4 is 28.2 Å². The molecule has 4 aromatic rings. The third-order valence-corrected chi connectivity index (χ3v) is 7.58. The summed E-state index contributed by atoms with van der Waals surface area (Å²) in [5.74, 6) is 1.92. The molecule has 0 atom stereocenters. The number of para-hydroxylation sites is 2. The highest BCUT2D eigenvalue weighted by Crippen LogP contribution is 2.43. The lowest BCUT2D eigenvalue weighted by atomic mass is 9.92. The monoisotopic (exact) mass is 498 g/mol. The second-order valence-corrected chi connectivity index (χ2v) is 10.1. The molecule has 2 aliphatic rings. The zero-order valence-corrected chi connectivity index (χ0v) is 21.0. The van der Waals surface area contributed by atoms with Gasteiger partial charge < -0.3 is 20.3 Å². The van der Waals surface area contributed by atoms with E-state index in [1.54, 1.807) is 0 Å². The van der Waals surface area contributed by atoms with Crippen LogP contribution in [0, 0.1) is 0 Å². The topological polar surface area (TPSA) is 49.4 Å². The maximum Gasteiger partial charge on any atom is 0.132 e. The van der Waals surface area contributed by atoms with Crippen LogP contribution in [0.15, 0.2) is 79.0 Å². The maximum atomic E-state index is 6.17. The van der Waals surface area contributed by atoms with E-state index in [4.69, 9.17) is 16.3 Å². The molecule has 1 aromatic heterocycles. The van der Waals surface area contributed by atoms with E-state index in [1.165, 1.54) is 11.1 Å². The Morgan fingerprint density at radius 2 is 1.64 bits per heavy atom. The highest BCUT2D eigenvalue weighted by atomic mass is 35.5. The van der Waals surface area contributed by atoms with Crippen LogP contribution >= 0.6 is 11.6 Å². The summed E-state index contributed by atoms with van der Waals surface area (Å²) >= 11 is 6.12. The van der Waals surface area contributed by atoms with E-state index in [-0.39, 0.29) is 6.04 Å². The first-order chi connectivity index (χ1) is 17.7. The molecule has 1 fully saturated rings. The number of likely N-dealkylation sites (tertiary alicyclic amines) is 1. The standard InChI is InChI=1S/C30H31ClN4O/c31-21-10-11-23-26(12-16-33-27(23)20-21)32-15-5-17-35-18-13-22(14-19-35)34-30-24-6-1-3-8-28(24)36-29-9-4-2-7-25(29)30/h1-4,6-12,16,20,22,30,34H,5,13-15,17-19H2,(H,32,33). The van der Waals surface area contributed by atoms with Crippen LogP contribution < -0.4 is 15.4 Å². The highest BCUT2D eigenvalue weighted by Gasteiger charge is 2.29. The van der Waals surface area contributed by atoms with E-state index in [0.717, 1.165) is 78.6 Å². The molecule has 0 radical (unpaired) electrons. The van der Waals surface area contributed by atoms with Crippen molar-refractivity contribution in [1.82, 2.24) is 15.2 Å². The third-order valence-electron chi connectivity index (χ3n) is 7.34. The molecule has 0 amide bonds. The van der Waals surface area contributed by atoms with Crippen molar-refractivity contribution in [3.8, 4) is 11.5 Å². The molecule has 0 aliphatic carbocycles. The second kappa shape index (κ2) is 10.5. The van der Waals surface area contributed by atoms with Gasteiger partial charge in [-0.2, -0.15) is 0 Å². The Kier molecular flexibility index (Phi) is 6.77. The molecule has 36 heavy (non-hydrogen) atoms. The van der Waals surface area contributed by atoms with Crippen molar-refractivity contribution in [2.24, 2.45) is 0 Å². The van der Waals surface area contributed by atoms with Gasteiger partial charge in [0.25, 0.3) is 0 Å². The minimum Gasteiger partial charge on any atom is -0.457 e. The van der Waals surface area contributed by atoms with E-state index in [1.807, 2.05) is 42.6 Å². The van der Waals surface area contributed by atoms with Gasteiger partial charge in [-0.15, -0.1) is 0 Å². The molecule has 2 N–H and O–H groups in total. The molecule has 184 valence electrons. The summed E-state index contributed by atoms with van der Waals surface area (Å²) in [6.45, 7) is 4.30. The number of benzene rings is 3. The minimum absolute atomic E-state index is 0.178. The molecule has 3 heterocycles. The maximum absolute atomic E-state index is 6.17. The molecule has 0 saturated carbocycles. The Morgan fingerprint density at radius 3 is 2.39 bits per heavy atom. The summed E-state index contributed by atoms with van der Waals surface area (Å²) in [7, 11) is 0. The number of rotatable bonds is 7. The number of pyridine rings is 1. The normalized spacial score (nSPS) is 16.4. The predicted octanol–water partition coefficient (Wildman–Crippen LogP) is 6.64. The zero-order chi connectivity index (χ0) is 24.3. The van der Waals surface area contributed by atoms with Gasteiger partial charge in [0.15, 0.2) is 0 Å². The smallest absolute Gasteiger partial charge is 0.132 e. The average molecular weight is 499 g/mol. The van der Waals surface area contributed by atoms with E-state index in [9.17, 15) is 0 Å². The Morgan fingerprint density at radius 1 is 0.917 bits per heavy atom. The lowest BCUT2D eigenvalue weighted by molar-refractivity contribution is 0.192. The van der Waals surface area contributed by atoms with E-state index in [2.05, 4.69) is 56.9 Å². The van der Waals surface area contributed by atoms with Crippen molar-refractivity contribution < 1.29 is 4.74 Å². The number of piperidine rings is 1. The van der Waals surface area contributed by atoms with Crippen molar-refractivity contribution in [2.45, 2.75) is 31.3 Å². The van der Waals surface area contributed by atoms with Crippen LogP contribution in [-0.4, -0.2) is 42.1 Å². The second-order valence-electron chi connectivity index (χ2n) is 9.69. The van der Waals surface area contributed by atoms with E-state index in [0.29, 0.717) is 6.04 Å². The fourth-order valence-electron chi connectivity index (χ4n) is 5.45. The van der Waals surface area contributed by atoms with Gasteiger partial charge in [0, 0.05) is 46.0 Å². The van der Waals surface area contributed by atoms with Crippen LogP contribution in [0.1, 0.15) is 36.4 Å². The van der Waals surface area contributed by atoms with Crippen LogP contribution in [-0.2, 0) is 0 Å². The molecule has 6 rings (SSSR count). The lowest BCUT2D eigenvalue weighted by Gasteiger charge is -2.36. The fraction of sp³-hybridized carbons (Fsp3) is 0.300. The van der Waals surface area contributed by atoms with Crippen molar-refractivity contribution in [3.05, 3.63) is 95.1 Å². The van der Waals surface area contributed by atoms with Gasteiger partial charge in [-0.1, -0.05) is 48.0 Å². The number of fused-ring (bicyclic) bond motifs is 3. The van der Waals surface area contributed by atoms with Gasteiger partial charge in [-0.25, -0.2) is 0 Å². The molecule has 2 aliphatic heterocycles. The average Bonchev–Trinajstić information content (AvgIpc) is 2.91. The zero-order valence-electron chi connectivity index (χ0n) is 20.3. The first-order valence-corrected chi connectivity index (χ1v) is 13.2. The third kappa shape index (κ3) is 4.92. The van der Waals surface area contributed by atoms with Crippen LogP contribution in [0.4, 0.5) is 5.69 Å². The van der Waals surface area contributed by atoms with Crippen molar-refractivity contribution in [2.75, 3.05) is 31.5 Å². The van der Waals surface area contributed by atoms with Crippen LogP contribution in [0.2, 0.25) is 5.02 Å². The van der Waals surface area contributed by atoms with Gasteiger partial charge in [0.1, 0.15) is 11.5 Å². The van der Waals surface area contributed by atoms with Gasteiger partial charge in [0.2, 0.25) is 0 Å². The van der Waals surface area contributed by atoms with Crippen LogP contribution in [0.5, 0.6) is 11.5 Å². The lowest BCUT2D eigenvalue weighted by Crippen LogP contribution is -2.44. The highest BCUT2D eigenvalue weighted by molar-refractivity contribution is 6.31. The van der Waals surface area contributed by atoms with E-state index < -0.39 is 0 Å². The van der Waals surface area contributed by atoms with Gasteiger partial charge in [-0.05, 0) is 75.3 Å². The first-order valence-electron chi connectivity index (χ1n) is 12.9. The number of hydrogen-bond donors (Lipinski definition) is 2. The SMILES string of the molecule is Clc1ccc2c(NCCCN3CCC(NC4c5ccccc5Oc5ccccc54)CC3)ccnc2c1. The molecule has 1 saturated heterocycles. The quantitative estimate of drug-likeness (QED) is 0.280. The summed E-state index contributed by atoms with van der Waals surface area (Å²) in [5.41, 5.74) is 4.51. The van der Waals surface area contributed by atoms with Crippen LogP contribution in [0.25, 0.3) is 10.9 Å². The molecule has 0 bridgehead atoms. The number of aromatic nitrogens is 1. The number of hydrogen-bond acceptors (Lipinski definition) is 5. The summed E-state index contributed by atoms with van der Waals surface area (Å²) < 4.78 is 6.17. The Labute approximate surface area is 217 Å². The first kappa shape index (κ1) is 23.3. The fourth-order valence-corrected chi connectivity index (χ4v) is 5.62. The summed E-state index contributed by atoms with van der Waals surface area (Å²) in [5, 5.41) is 9.39. The van der Waals surface area contributed by atoms with Gasteiger partial charge in [-0.3, -0.25) is 4.98 Å². The molecular weight excluding hydrogens is 468 g/mol. The number of nitrogens with one attached hydrogen (secondary N) is 2. The largest absolute Gasteiger partial charge is 0.457 e. The minimum atomic E-state index is 0.178. The molecule has 6 heteroatoms. The van der Waals surface area contributed by atoms with Crippen molar-refractivity contribution in [3.63, 3.8) is 0 Å². The number of ether oxygens (including phenoxy) is 1.